The molecule has 98 valence electrons. The Morgan fingerprint density at radius 3 is 2.94 bits per heavy atom. The van der Waals surface area contributed by atoms with Gasteiger partial charge in [-0.3, -0.25) is 0 Å². The van der Waals surface area contributed by atoms with Crippen molar-refractivity contribution in [3.63, 3.8) is 0 Å². The Morgan fingerprint density at radius 2 is 2.22 bits per heavy atom. The molecule has 0 spiro atoms. The molecule has 0 atom stereocenters. The fourth-order valence-corrected chi connectivity index (χ4v) is 2.01. The zero-order valence-corrected chi connectivity index (χ0v) is 11.3. The molecule has 1 N–H and O–H groups in total. The van der Waals surface area contributed by atoms with E-state index < -0.39 is 0 Å². The van der Waals surface area contributed by atoms with E-state index in [0.717, 1.165) is 31.0 Å². The molecular formula is C14H21N3O. The van der Waals surface area contributed by atoms with Gasteiger partial charge in [0.05, 0.1) is 11.3 Å². The summed E-state index contributed by atoms with van der Waals surface area (Å²) >= 11 is 0. The summed E-state index contributed by atoms with van der Waals surface area (Å²) < 4.78 is 7.67. The van der Waals surface area contributed by atoms with Crippen molar-refractivity contribution in [3.8, 4) is 0 Å². The minimum atomic E-state index is -0.131. The maximum Gasteiger partial charge on any atom is 0.137 e. The van der Waals surface area contributed by atoms with Crippen LogP contribution in [0, 0.1) is 0 Å². The number of pyridine rings is 1. The number of nitrogens with one attached hydrogen (secondary N) is 1. The van der Waals surface area contributed by atoms with Crippen LogP contribution in [0.25, 0.3) is 5.65 Å². The summed E-state index contributed by atoms with van der Waals surface area (Å²) in [5.74, 6) is 0. The topological polar surface area (TPSA) is 38.6 Å². The number of hydrogen-bond acceptors (Lipinski definition) is 3. The zero-order valence-electron chi connectivity index (χ0n) is 11.3. The van der Waals surface area contributed by atoms with Gasteiger partial charge in [0.2, 0.25) is 0 Å². The third kappa shape index (κ3) is 3.31. The van der Waals surface area contributed by atoms with E-state index >= 15 is 0 Å². The molecule has 0 amide bonds. The van der Waals surface area contributed by atoms with Crippen LogP contribution in [0.4, 0.5) is 0 Å². The van der Waals surface area contributed by atoms with Crippen molar-refractivity contribution in [1.29, 1.82) is 0 Å². The van der Waals surface area contributed by atoms with E-state index in [9.17, 15) is 0 Å². The minimum Gasteiger partial charge on any atom is -0.375 e. The van der Waals surface area contributed by atoms with Gasteiger partial charge in [0.25, 0.3) is 0 Å². The number of rotatable bonds is 6. The predicted octanol–water partition coefficient (Wildman–Crippen LogP) is 2.24. The van der Waals surface area contributed by atoms with Gasteiger partial charge in [0, 0.05) is 32.1 Å². The highest BCUT2D eigenvalue weighted by molar-refractivity contribution is 5.39. The molecule has 0 aliphatic rings. The van der Waals surface area contributed by atoms with Crippen molar-refractivity contribution in [2.45, 2.75) is 32.9 Å². The summed E-state index contributed by atoms with van der Waals surface area (Å²) in [5, 5.41) is 3.39. The SMILES string of the molecule is CCOC(C)(C)CNCc1cn2ccccc2n1. The van der Waals surface area contributed by atoms with Crippen LogP contribution in [-0.4, -0.2) is 28.1 Å². The van der Waals surface area contributed by atoms with Crippen LogP contribution in [0.2, 0.25) is 0 Å². The molecule has 2 rings (SSSR count). The highest BCUT2D eigenvalue weighted by Gasteiger charge is 2.16. The van der Waals surface area contributed by atoms with Crippen molar-refractivity contribution in [2.75, 3.05) is 13.2 Å². The molecule has 18 heavy (non-hydrogen) atoms. The second-order valence-corrected chi connectivity index (χ2v) is 4.99. The molecule has 0 fully saturated rings. The van der Waals surface area contributed by atoms with Crippen molar-refractivity contribution in [1.82, 2.24) is 14.7 Å². The maximum atomic E-state index is 5.64. The Balaban J connectivity index is 1.90. The summed E-state index contributed by atoms with van der Waals surface area (Å²) in [7, 11) is 0. The van der Waals surface area contributed by atoms with Crippen LogP contribution < -0.4 is 5.32 Å². The minimum absolute atomic E-state index is 0.131. The van der Waals surface area contributed by atoms with Gasteiger partial charge in [-0.1, -0.05) is 6.07 Å². The highest BCUT2D eigenvalue weighted by atomic mass is 16.5. The third-order valence-corrected chi connectivity index (χ3v) is 2.81. The van der Waals surface area contributed by atoms with Crippen molar-refractivity contribution < 1.29 is 4.74 Å². The lowest BCUT2D eigenvalue weighted by atomic mass is 10.1. The van der Waals surface area contributed by atoms with Gasteiger partial charge in [-0.05, 0) is 32.9 Å². The van der Waals surface area contributed by atoms with E-state index in [1.54, 1.807) is 0 Å². The Morgan fingerprint density at radius 1 is 1.39 bits per heavy atom. The Hall–Kier alpha value is -1.39. The van der Waals surface area contributed by atoms with Gasteiger partial charge < -0.3 is 14.5 Å². The molecule has 0 saturated heterocycles. The molecular weight excluding hydrogens is 226 g/mol. The Bertz CT molecular complexity index is 471. The van der Waals surface area contributed by atoms with E-state index in [1.807, 2.05) is 35.7 Å². The fourth-order valence-electron chi connectivity index (χ4n) is 2.01. The summed E-state index contributed by atoms with van der Waals surface area (Å²) in [6, 6.07) is 6.01. The van der Waals surface area contributed by atoms with Crippen LogP contribution in [0.3, 0.4) is 0 Å². The molecule has 0 aliphatic carbocycles. The first-order chi connectivity index (χ1) is 8.61. The summed E-state index contributed by atoms with van der Waals surface area (Å²) in [6.07, 6.45) is 4.06. The lowest BCUT2D eigenvalue weighted by molar-refractivity contribution is -0.00901. The first kappa shape index (κ1) is 13.1. The molecule has 0 aromatic carbocycles. The highest BCUT2D eigenvalue weighted by Crippen LogP contribution is 2.08. The van der Waals surface area contributed by atoms with Gasteiger partial charge in [-0.25, -0.2) is 4.98 Å². The second-order valence-electron chi connectivity index (χ2n) is 4.99. The molecule has 0 bridgehead atoms. The van der Waals surface area contributed by atoms with Gasteiger partial charge in [-0.2, -0.15) is 0 Å². The Labute approximate surface area is 108 Å². The zero-order chi connectivity index (χ0) is 13.0. The lowest BCUT2D eigenvalue weighted by Crippen LogP contribution is -2.37. The molecule has 0 radical (unpaired) electrons. The van der Waals surface area contributed by atoms with Crippen LogP contribution in [0.15, 0.2) is 30.6 Å². The van der Waals surface area contributed by atoms with Crippen LogP contribution in [0.1, 0.15) is 26.5 Å². The molecule has 0 aliphatic heterocycles. The van der Waals surface area contributed by atoms with E-state index in [0.29, 0.717) is 0 Å². The second kappa shape index (κ2) is 5.50. The molecule has 2 aromatic rings. The molecule has 2 aromatic heterocycles. The van der Waals surface area contributed by atoms with Crippen molar-refractivity contribution in [2.24, 2.45) is 0 Å². The summed E-state index contributed by atoms with van der Waals surface area (Å²) in [6.45, 7) is 8.51. The monoisotopic (exact) mass is 247 g/mol. The maximum absolute atomic E-state index is 5.64. The normalized spacial score (nSPS) is 12.2. The first-order valence-corrected chi connectivity index (χ1v) is 6.38. The molecule has 2 heterocycles. The average molecular weight is 247 g/mol. The average Bonchev–Trinajstić information content (AvgIpc) is 2.71. The number of ether oxygens (including phenoxy) is 1. The summed E-state index contributed by atoms with van der Waals surface area (Å²) in [5.41, 5.74) is 1.90. The number of fused-ring (bicyclic) bond motifs is 1. The van der Waals surface area contributed by atoms with E-state index in [2.05, 4.69) is 30.3 Å². The predicted molar refractivity (Wildman–Crippen MR) is 72.6 cm³/mol. The van der Waals surface area contributed by atoms with Gasteiger partial charge in [-0.15, -0.1) is 0 Å². The van der Waals surface area contributed by atoms with Crippen LogP contribution in [0.5, 0.6) is 0 Å². The number of aromatic nitrogens is 2. The van der Waals surface area contributed by atoms with Crippen LogP contribution >= 0.6 is 0 Å². The number of imidazole rings is 1. The van der Waals surface area contributed by atoms with E-state index in [-0.39, 0.29) is 5.60 Å². The van der Waals surface area contributed by atoms with Crippen molar-refractivity contribution >= 4 is 5.65 Å². The van der Waals surface area contributed by atoms with E-state index in [1.165, 1.54) is 0 Å². The number of hydrogen-bond donors (Lipinski definition) is 1. The van der Waals surface area contributed by atoms with E-state index in [4.69, 9.17) is 4.74 Å². The molecule has 4 nitrogen and oxygen atoms in total. The largest absolute Gasteiger partial charge is 0.375 e. The fraction of sp³-hybridized carbons (Fsp3) is 0.500. The first-order valence-electron chi connectivity index (χ1n) is 6.38. The van der Waals surface area contributed by atoms with Gasteiger partial charge in [0.1, 0.15) is 5.65 Å². The Kier molecular flexibility index (Phi) is 3.99. The molecule has 0 saturated carbocycles. The quantitative estimate of drug-likeness (QED) is 0.850. The standard InChI is InChI=1S/C14H21N3O/c1-4-18-14(2,3)11-15-9-12-10-17-8-6-5-7-13(17)16-12/h5-8,10,15H,4,9,11H2,1-3H3. The molecule has 0 unspecified atom stereocenters. The van der Waals surface area contributed by atoms with Gasteiger partial charge >= 0.3 is 0 Å². The number of nitrogens with zero attached hydrogens (tertiary/aromatic N) is 2. The third-order valence-electron chi connectivity index (χ3n) is 2.81. The van der Waals surface area contributed by atoms with Crippen LogP contribution in [-0.2, 0) is 11.3 Å². The lowest BCUT2D eigenvalue weighted by Gasteiger charge is -2.24. The van der Waals surface area contributed by atoms with Gasteiger partial charge in [0.15, 0.2) is 0 Å². The molecule has 4 heteroatoms. The smallest absolute Gasteiger partial charge is 0.137 e. The van der Waals surface area contributed by atoms with Crippen molar-refractivity contribution in [3.05, 3.63) is 36.3 Å². The summed E-state index contributed by atoms with van der Waals surface area (Å²) in [4.78, 5) is 4.54.